The molecule has 1 N–H and O–H groups in total. The third-order valence-electron chi connectivity index (χ3n) is 4.12. The molecule has 0 saturated heterocycles. The summed E-state index contributed by atoms with van der Waals surface area (Å²) in [5.74, 6) is 0.925. The topological polar surface area (TPSA) is 25.2 Å². The van der Waals surface area contributed by atoms with Crippen molar-refractivity contribution in [2.45, 2.75) is 45.1 Å². The standard InChI is InChI=1S/C14H21NO/c1-14(12-2-3-12,10-15-13-4-5-13)8-11-6-7-16-9-11/h6-7,9,12-13,15H,2-5,8,10H2,1H3. The van der Waals surface area contributed by atoms with Crippen molar-refractivity contribution in [1.82, 2.24) is 5.32 Å². The van der Waals surface area contributed by atoms with Gasteiger partial charge in [0.25, 0.3) is 0 Å². The van der Waals surface area contributed by atoms with Gasteiger partial charge >= 0.3 is 0 Å². The zero-order valence-electron chi connectivity index (χ0n) is 10.0. The molecule has 2 fully saturated rings. The third-order valence-corrected chi connectivity index (χ3v) is 4.12. The van der Waals surface area contributed by atoms with E-state index in [1.807, 2.05) is 6.26 Å². The molecule has 2 saturated carbocycles. The Morgan fingerprint density at radius 1 is 1.38 bits per heavy atom. The van der Waals surface area contributed by atoms with E-state index in [0.717, 1.165) is 18.4 Å². The Morgan fingerprint density at radius 2 is 2.19 bits per heavy atom. The number of furan rings is 1. The normalized spacial score (nSPS) is 24.3. The molecule has 0 amide bonds. The average molecular weight is 219 g/mol. The maximum absolute atomic E-state index is 5.18. The minimum absolute atomic E-state index is 0.437. The van der Waals surface area contributed by atoms with E-state index in [2.05, 4.69) is 18.3 Å². The summed E-state index contributed by atoms with van der Waals surface area (Å²) in [5, 5.41) is 3.70. The highest BCUT2D eigenvalue weighted by atomic mass is 16.3. The van der Waals surface area contributed by atoms with E-state index in [4.69, 9.17) is 4.42 Å². The smallest absolute Gasteiger partial charge is 0.0934 e. The van der Waals surface area contributed by atoms with Crippen LogP contribution < -0.4 is 5.32 Å². The monoisotopic (exact) mass is 219 g/mol. The van der Waals surface area contributed by atoms with Crippen LogP contribution in [0.3, 0.4) is 0 Å². The van der Waals surface area contributed by atoms with Crippen LogP contribution in [0.2, 0.25) is 0 Å². The second-order valence-electron chi connectivity index (χ2n) is 5.89. The van der Waals surface area contributed by atoms with E-state index >= 15 is 0 Å². The van der Waals surface area contributed by atoms with E-state index < -0.39 is 0 Å². The summed E-state index contributed by atoms with van der Waals surface area (Å²) in [5.41, 5.74) is 1.79. The largest absolute Gasteiger partial charge is 0.472 e. The first-order valence-electron chi connectivity index (χ1n) is 6.51. The van der Waals surface area contributed by atoms with Crippen LogP contribution in [-0.2, 0) is 6.42 Å². The van der Waals surface area contributed by atoms with E-state index in [1.165, 1.54) is 37.8 Å². The second-order valence-corrected chi connectivity index (χ2v) is 5.89. The van der Waals surface area contributed by atoms with Crippen molar-refractivity contribution in [3.8, 4) is 0 Å². The van der Waals surface area contributed by atoms with Gasteiger partial charge in [0, 0.05) is 12.6 Å². The van der Waals surface area contributed by atoms with Gasteiger partial charge in [0.1, 0.15) is 0 Å². The lowest BCUT2D eigenvalue weighted by Crippen LogP contribution is -2.36. The summed E-state index contributed by atoms with van der Waals surface area (Å²) >= 11 is 0. The number of rotatable bonds is 6. The Bertz CT molecular complexity index is 338. The van der Waals surface area contributed by atoms with Gasteiger partial charge in [-0.25, -0.2) is 0 Å². The molecular formula is C14H21NO. The molecule has 0 bridgehead atoms. The third kappa shape index (κ3) is 2.32. The van der Waals surface area contributed by atoms with E-state index in [1.54, 1.807) is 6.26 Å². The van der Waals surface area contributed by atoms with E-state index in [-0.39, 0.29) is 0 Å². The van der Waals surface area contributed by atoms with Crippen LogP contribution in [0, 0.1) is 11.3 Å². The molecule has 2 nitrogen and oxygen atoms in total. The van der Waals surface area contributed by atoms with Crippen LogP contribution in [0.4, 0.5) is 0 Å². The molecule has 1 unspecified atom stereocenters. The summed E-state index contributed by atoms with van der Waals surface area (Å²) < 4.78 is 5.18. The van der Waals surface area contributed by atoms with E-state index in [9.17, 15) is 0 Å². The molecule has 2 aliphatic rings. The van der Waals surface area contributed by atoms with Gasteiger partial charge in [-0.2, -0.15) is 0 Å². The minimum Gasteiger partial charge on any atom is -0.472 e. The molecule has 3 rings (SSSR count). The Hall–Kier alpha value is -0.760. The number of hydrogen-bond donors (Lipinski definition) is 1. The molecule has 88 valence electrons. The van der Waals surface area contributed by atoms with Crippen LogP contribution in [0.5, 0.6) is 0 Å². The van der Waals surface area contributed by atoms with Gasteiger partial charge in [-0.3, -0.25) is 0 Å². The fourth-order valence-corrected chi connectivity index (χ4v) is 2.66. The molecule has 1 aromatic rings. The molecule has 1 heterocycles. The molecular weight excluding hydrogens is 198 g/mol. The molecule has 16 heavy (non-hydrogen) atoms. The predicted molar refractivity (Wildman–Crippen MR) is 64.3 cm³/mol. The van der Waals surface area contributed by atoms with Gasteiger partial charge in [0.2, 0.25) is 0 Å². The molecule has 2 heteroatoms. The fraction of sp³-hybridized carbons (Fsp3) is 0.714. The van der Waals surface area contributed by atoms with Crippen molar-refractivity contribution in [3.05, 3.63) is 24.2 Å². The molecule has 1 atom stereocenters. The zero-order valence-corrected chi connectivity index (χ0v) is 10.0. The summed E-state index contributed by atoms with van der Waals surface area (Å²) in [6.45, 7) is 3.61. The first-order valence-corrected chi connectivity index (χ1v) is 6.51. The summed E-state index contributed by atoms with van der Waals surface area (Å²) in [4.78, 5) is 0. The van der Waals surface area contributed by atoms with Crippen LogP contribution >= 0.6 is 0 Å². The van der Waals surface area contributed by atoms with Crippen molar-refractivity contribution in [2.24, 2.45) is 11.3 Å². The van der Waals surface area contributed by atoms with Crippen LogP contribution in [0.1, 0.15) is 38.2 Å². The van der Waals surface area contributed by atoms with Crippen LogP contribution in [-0.4, -0.2) is 12.6 Å². The number of hydrogen-bond acceptors (Lipinski definition) is 2. The summed E-state index contributed by atoms with van der Waals surface area (Å²) in [6, 6.07) is 2.93. The Labute approximate surface area is 97.4 Å². The summed E-state index contributed by atoms with van der Waals surface area (Å²) in [7, 11) is 0. The fourth-order valence-electron chi connectivity index (χ4n) is 2.66. The van der Waals surface area contributed by atoms with Crippen molar-refractivity contribution in [2.75, 3.05) is 6.54 Å². The van der Waals surface area contributed by atoms with Crippen molar-refractivity contribution in [3.63, 3.8) is 0 Å². The molecule has 0 radical (unpaired) electrons. The van der Waals surface area contributed by atoms with Gasteiger partial charge in [-0.15, -0.1) is 0 Å². The lowest BCUT2D eigenvalue weighted by molar-refractivity contribution is 0.254. The minimum atomic E-state index is 0.437. The quantitative estimate of drug-likeness (QED) is 0.795. The first kappa shape index (κ1) is 10.4. The zero-order chi connectivity index (χ0) is 11.0. The maximum Gasteiger partial charge on any atom is 0.0934 e. The van der Waals surface area contributed by atoms with Gasteiger partial charge in [0.15, 0.2) is 0 Å². The van der Waals surface area contributed by atoms with Crippen molar-refractivity contribution >= 4 is 0 Å². The van der Waals surface area contributed by atoms with Gasteiger partial charge in [-0.1, -0.05) is 6.92 Å². The highest BCUT2D eigenvalue weighted by Crippen LogP contribution is 2.47. The first-order chi connectivity index (χ1) is 7.76. The van der Waals surface area contributed by atoms with Gasteiger partial charge in [0.05, 0.1) is 12.5 Å². The highest BCUT2D eigenvalue weighted by Gasteiger charge is 2.42. The average Bonchev–Trinajstić information content (AvgIpc) is 3.17. The Kier molecular flexibility index (Phi) is 2.55. The Morgan fingerprint density at radius 3 is 2.75 bits per heavy atom. The predicted octanol–water partition coefficient (Wildman–Crippen LogP) is 2.99. The lowest BCUT2D eigenvalue weighted by Gasteiger charge is -2.30. The molecule has 0 aliphatic heterocycles. The van der Waals surface area contributed by atoms with Crippen LogP contribution in [0.25, 0.3) is 0 Å². The molecule has 0 spiro atoms. The summed E-state index contributed by atoms with van der Waals surface area (Å²) in [6.07, 6.45) is 10.4. The van der Waals surface area contributed by atoms with Crippen molar-refractivity contribution < 1.29 is 4.42 Å². The molecule has 0 aromatic carbocycles. The van der Waals surface area contributed by atoms with Crippen LogP contribution in [0.15, 0.2) is 23.0 Å². The SMILES string of the molecule is CC(CNC1CC1)(Cc1ccoc1)C1CC1. The second kappa shape index (κ2) is 3.92. The lowest BCUT2D eigenvalue weighted by atomic mass is 9.79. The highest BCUT2D eigenvalue weighted by molar-refractivity contribution is 5.11. The van der Waals surface area contributed by atoms with Gasteiger partial charge < -0.3 is 9.73 Å². The molecule has 2 aliphatic carbocycles. The number of nitrogens with one attached hydrogen (secondary N) is 1. The molecule has 1 aromatic heterocycles. The van der Waals surface area contributed by atoms with Crippen molar-refractivity contribution in [1.29, 1.82) is 0 Å². The Balaban J connectivity index is 1.63. The van der Waals surface area contributed by atoms with E-state index in [0.29, 0.717) is 5.41 Å². The van der Waals surface area contributed by atoms with Gasteiger partial charge in [-0.05, 0) is 55.1 Å². The maximum atomic E-state index is 5.18.